The molecule has 0 fully saturated rings. The molecule has 0 aromatic heterocycles. The lowest BCUT2D eigenvalue weighted by atomic mass is 9.92. The molecule has 2 amide bonds. The molecule has 33 heavy (non-hydrogen) atoms. The van der Waals surface area contributed by atoms with E-state index in [0.717, 1.165) is 10.6 Å². The maximum absolute atomic E-state index is 13.9. The van der Waals surface area contributed by atoms with Gasteiger partial charge in [-0.15, -0.1) is 0 Å². The topological polar surface area (TPSA) is 139 Å². The van der Waals surface area contributed by atoms with Gasteiger partial charge in [-0.2, -0.15) is 43.9 Å². The molecule has 0 aliphatic carbocycles. The summed E-state index contributed by atoms with van der Waals surface area (Å²) in [4.78, 5) is 22.8. The van der Waals surface area contributed by atoms with E-state index in [1.54, 1.807) is 0 Å². The second kappa shape index (κ2) is 9.38. The number of alkyl halides is 10. The monoisotopic (exact) mass is 514 g/mol. The predicted molar refractivity (Wildman–Crippen MR) is 86.2 cm³/mol. The zero-order chi connectivity index (χ0) is 26.9. The molecule has 18 heteroatoms. The molecule has 0 rings (SSSR count). The number of amides is 2. The van der Waals surface area contributed by atoms with Crippen molar-refractivity contribution in [1.29, 1.82) is 0 Å². The van der Waals surface area contributed by atoms with Crippen LogP contribution in [0.1, 0.15) is 13.8 Å². The van der Waals surface area contributed by atoms with Crippen LogP contribution in [0.25, 0.3) is 0 Å². The lowest BCUT2D eigenvalue weighted by Gasteiger charge is -2.39. The lowest BCUT2D eigenvalue weighted by molar-refractivity contribution is -0.388. The maximum Gasteiger partial charge on any atom is 0.392 e. The van der Waals surface area contributed by atoms with Gasteiger partial charge < -0.3 is 31.1 Å². The van der Waals surface area contributed by atoms with Gasteiger partial charge in [0.15, 0.2) is 0 Å². The van der Waals surface area contributed by atoms with Crippen molar-refractivity contribution < 1.29 is 73.9 Å². The normalized spacial score (nSPS) is 14.8. The number of aliphatic hydroxyl groups is 4. The van der Waals surface area contributed by atoms with Gasteiger partial charge in [0.1, 0.15) is 0 Å². The number of halogens is 10. The SMILES string of the molecule is CC(CO)(CO)NC(=O)C(F)(F)C(F)(F)C(F)(F)C(F)(F)C(F)(F)C(=O)NC(C)(CO)CO. The van der Waals surface area contributed by atoms with E-state index in [2.05, 4.69) is 0 Å². The van der Waals surface area contributed by atoms with Crippen molar-refractivity contribution in [3.05, 3.63) is 0 Å². The highest BCUT2D eigenvalue weighted by Crippen LogP contribution is 2.57. The van der Waals surface area contributed by atoms with E-state index in [4.69, 9.17) is 20.4 Å². The minimum Gasteiger partial charge on any atom is -0.394 e. The van der Waals surface area contributed by atoms with Crippen molar-refractivity contribution in [2.75, 3.05) is 26.4 Å². The molecule has 0 aliphatic rings. The van der Waals surface area contributed by atoms with E-state index in [9.17, 15) is 53.5 Å². The number of hydrogen-bond acceptors (Lipinski definition) is 6. The molecule has 0 aromatic carbocycles. The van der Waals surface area contributed by atoms with Crippen molar-refractivity contribution in [2.24, 2.45) is 0 Å². The van der Waals surface area contributed by atoms with E-state index in [-0.39, 0.29) is 0 Å². The molecule has 0 saturated carbocycles. The summed E-state index contributed by atoms with van der Waals surface area (Å²) >= 11 is 0. The fraction of sp³-hybridized carbons (Fsp3) is 0.867. The second-order valence-corrected chi connectivity index (χ2v) is 7.53. The van der Waals surface area contributed by atoms with Gasteiger partial charge in [-0.1, -0.05) is 0 Å². The molecule has 0 unspecified atom stereocenters. The minimum atomic E-state index is -7.77. The Morgan fingerprint density at radius 1 is 0.545 bits per heavy atom. The molecule has 0 spiro atoms. The summed E-state index contributed by atoms with van der Waals surface area (Å²) in [7, 11) is 0. The summed E-state index contributed by atoms with van der Waals surface area (Å²) in [5, 5.41) is 37.0. The smallest absolute Gasteiger partial charge is 0.392 e. The van der Waals surface area contributed by atoms with E-state index < -0.39 is 78.9 Å². The number of carbonyl (C=O) groups is 2. The van der Waals surface area contributed by atoms with Gasteiger partial charge in [0.2, 0.25) is 0 Å². The molecule has 0 bridgehead atoms. The van der Waals surface area contributed by atoms with Crippen LogP contribution in [0.15, 0.2) is 0 Å². The van der Waals surface area contributed by atoms with Crippen molar-refractivity contribution in [2.45, 2.75) is 54.5 Å². The van der Waals surface area contributed by atoms with Crippen molar-refractivity contribution in [3.8, 4) is 0 Å². The molecule has 0 radical (unpaired) electrons. The van der Waals surface area contributed by atoms with Crippen LogP contribution in [0, 0.1) is 0 Å². The highest BCUT2D eigenvalue weighted by molar-refractivity contribution is 5.87. The molecule has 0 aromatic rings. The Labute approximate surface area is 178 Å². The van der Waals surface area contributed by atoms with Gasteiger partial charge in [-0.25, -0.2) is 0 Å². The molecule has 6 N–H and O–H groups in total. The lowest BCUT2D eigenvalue weighted by Crippen LogP contribution is -2.73. The third-order valence-electron chi connectivity index (χ3n) is 4.37. The maximum atomic E-state index is 13.9. The molecule has 8 nitrogen and oxygen atoms in total. The molecular formula is C15H20F10N2O6. The van der Waals surface area contributed by atoms with Crippen LogP contribution in [-0.4, -0.2) is 99.4 Å². The number of nitrogens with one attached hydrogen (secondary N) is 2. The third-order valence-corrected chi connectivity index (χ3v) is 4.37. The van der Waals surface area contributed by atoms with Crippen LogP contribution >= 0.6 is 0 Å². The number of hydrogen-bond donors (Lipinski definition) is 6. The number of carbonyl (C=O) groups excluding carboxylic acids is 2. The summed E-state index contributed by atoms with van der Waals surface area (Å²) in [6.45, 7) is -4.65. The van der Waals surface area contributed by atoms with Gasteiger partial charge in [-0.3, -0.25) is 9.59 Å². The van der Waals surface area contributed by atoms with Crippen molar-refractivity contribution >= 4 is 11.8 Å². The van der Waals surface area contributed by atoms with Crippen LogP contribution in [0.2, 0.25) is 0 Å². The van der Waals surface area contributed by atoms with Crippen LogP contribution in [0.3, 0.4) is 0 Å². The van der Waals surface area contributed by atoms with Crippen molar-refractivity contribution in [1.82, 2.24) is 10.6 Å². The summed E-state index contributed by atoms with van der Waals surface area (Å²) in [6.07, 6.45) is 0. The summed E-state index contributed by atoms with van der Waals surface area (Å²) < 4.78 is 139. The van der Waals surface area contributed by atoms with E-state index in [1.807, 2.05) is 0 Å². The molecule has 0 aliphatic heterocycles. The average Bonchev–Trinajstić information content (AvgIpc) is 2.72. The first-order valence-corrected chi connectivity index (χ1v) is 8.48. The largest absolute Gasteiger partial charge is 0.394 e. The Bertz CT molecular complexity index is 668. The molecular weight excluding hydrogens is 494 g/mol. The number of aliphatic hydroxyl groups excluding tert-OH is 4. The standard InChI is InChI=1S/C15H20F10N2O6/c1-9(3-28,4-29)26-7(32)11(16,17)13(20,21)15(24,25)14(22,23)12(18,19)8(33)27-10(2,5-30)6-31/h28-31H,3-6H2,1-2H3,(H,26,32)(H,27,33). The molecule has 0 saturated heterocycles. The average molecular weight is 514 g/mol. The predicted octanol–water partition coefficient (Wildman–Crippen LogP) is -0.118. The second-order valence-electron chi connectivity index (χ2n) is 7.53. The Kier molecular flexibility index (Phi) is 8.83. The highest BCUT2D eigenvalue weighted by atomic mass is 19.4. The van der Waals surface area contributed by atoms with Crippen LogP contribution in [-0.2, 0) is 9.59 Å². The first-order valence-electron chi connectivity index (χ1n) is 8.48. The first-order chi connectivity index (χ1) is 14.5. The third kappa shape index (κ3) is 5.12. The number of rotatable bonds is 12. The molecule has 0 atom stereocenters. The Morgan fingerprint density at radius 3 is 0.939 bits per heavy atom. The summed E-state index contributed by atoms with van der Waals surface area (Å²) in [5.41, 5.74) is -5.09. The first kappa shape index (κ1) is 31.1. The van der Waals surface area contributed by atoms with Crippen LogP contribution in [0.5, 0.6) is 0 Å². The Balaban J connectivity index is 6.34. The Hall–Kier alpha value is -1.92. The van der Waals surface area contributed by atoms with Gasteiger partial charge in [-0.05, 0) is 13.8 Å². The fourth-order valence-electron chi connectivity index (χ4n) is 1.84. The van der Waals surface area contributed by atoms with Gasteiger partial charge >= 0.3 is 29.6 Å². The van der Waals surface area contributed by atoms with Crippen LogP contribution in [0.4, 0.5) is 43.9 Å². The zero-order valence-electron chi connectivity index (χ0n) is 16.7. The minimum absolute atomic E-state index is 0.545. The van der Waals surface area contributed by atoms with E-state index in [0.29, 0.717) is 13.8 Å². The molecule has 0 heterocycles. The van der Waals surface area contributed by atoms with E-state index in [1.165, 1.54) is 0 Å². The van der Waals surface area contributed by atoms with Gasteiger partial charge in [0.05, 0.1) is 37.5 Å². The van der Waals surface area contributed by atoms with Gasteiger partial charge in [0.25, 0.3) is 11.8 Å². The van der Waals surface area contributed by atoms with E-state index >= 15 is 0 Å². The molecule has 196 valence electrons. The Morgan fingerprint density at radius 2 is 0.758 bits per heavy atom. The van der Waals surface area contributed by atoms with Gasteiger partial charge in [0, 0.05) is 0 Å². The quantitative estimate of drug-likeness (QED) is 0.201. The van der Waals surface area contributed by atoms with Crippen molar-refractivity contribution in [3.63, 3.8) is 0 Å². The summed E-state index contributed by atoms with van der Waals surface area (Å²) in [6, 6.07) is 0. The zero-order valence-corrected chi connectivity index (χ0v) is 16.7. The highest BCUT2D eigenvalue weighted by Gasteiger charge is 2.89. The van der Waals surface area contributed by atoms with Crippen LogP contribution < -0.4 is 10.6 Å². The summed E-state index contributed by atoms with van der Waals surface area (Å²) in [5.74, 6) is -43.5. The fourth-order valence-corrected chi connectivity index (χ4v) is 1.84.